The molecule has 4 aliphatic rings. The Morgan fingerprint density at radius 2 is 1.84 bits per heavy atom. The number of nitrogens with one attached hydrogen (secondary N) is 2. The summed E-state index contributed by atoms with van der Waals surface area (Å²) in [6.07, 6.45) is 9.65. The lowest BCUT2D eigenvalue weighted by atomic mass is 9.70. The number of pyridine rings is 1. The number of carbonyl (C=O) groups excluding carboxylic acids is 2. The van der Waals surface area contributed by atoms with E-state index in [2.05, 4.69) is 28.6 Å². The molecule has 0 saturated heterocycles. The summed E-state index contributed by atoms with van der Waals surface area (Å²) in [5, 5.41) is 25.3. The van der Waals surface area contributed by atoms with Gasteiger partial charge in [-0.25, -0.2) is 4.98 Å². The zero-order valence-corrected chi connectivity index (χ0v) is 22.3. The van der Waals surface area contributed by atoms with E-state index in [4.69, 9.17) is 4.74 Å². The fraction of sp³-hybridized carbons (Fsp3) is 0.690. The van der Waals surface area contributed by atoms with Crippen LogP contribution in [0.25, 0.3) is 0 Å². The minimum Gasteiger partial charge on any atom is -0.489 e. The SMILES string of the molecule is CC1(CNC(=O)[C@H]2[C@@H]3CC[C@@H](C3)[C@H]2NC(=O)c2cc(OC3CCC(C)(C(=O)O)CC3)c(C#N)cn2)CCC1. The Morgan fingerprint density at radius 1 is 1.13 bits per heavy atom. The van der Waals surface area contributed by atoms with Crippen molar-refractivity contribution in [1.29, 1.82) is 5.26 Å². The Hall–Kier alpha value is -3.15. The van der Waals surface area contributed by atoms with Crippen LogP contribution in [-0.2, 0) is 9.59 Å². The molecule has 38 heavy (non-hydrogen) atoms. The first-order chi connectivity index (χ1) is 18.1. The van der Waals surface area contributed by atoms with Crippen LogP contribution in [0.2, 0.25) is 0 Å². The highest BCUT2D eigenvalue weighted by Gasteiger charge is 2.51. The van der Waals surface area contributed by atoms with Crippen LogP contribution in [0.3, 0.4) is 0 Å². The van der Waals surface area contributed by atoms with Gasteiger partial charge in [0.1, 0.15) is 23.1 Å². The van der Waals surface area contributed by atoms with Crippen LogP contribution in [0, 0.1) is 39.9 Å². The molecule has 1 aromatic heterocycles. The number of hydrogen-bond acceptors (Lipinski definition) is 6. The summed E-state index contributed by atoms with van der Waals surface area (Å²) in [5.74, 6) is -0.523. The van der Waals surface area contributed by atoms with Crippen LogP contribution in [-0.4, -0.2) is 46.6 Å². The van der Waals surface area contributed by atoms with Crippen LogP contribution >= 0.6 is 0 Å². The van der Waals surface area contributed by atoms with Crippen molar-refractivity contribution in [3.8, 4) is 11.8 Å². The summed E-state index contributed by atoms with van der Waals surface area (Å²) in [6, 6.07) is 3.34. The number of carbonyl (C=O) groups is 3. The fourth-order valence-corrected chi connectivity index (χ4v) is 6.96. The molecule has 4 atom stereocenters. The third-order valence-electron chi connectivity index (χ3n) is 9.83. The number of ether oxygens (including phenoxy) is 1. The first-order valence-corrected chi connectivity index (χ1v) is 14.0. The van der Waals surface area contributed by atoms with Gasteiger partial charge in [0, 0.05) is 24.8 Å². The highest BCUT2D eigenvalue weighted by Crippen LogP contribution is 2.49. The molecule has 1 heterocycles. The average molecular weight is 523 g/mol. The molecule has 3 N–H and O–H groups in total. The summed E-state index contributed by atoms with van der Waals surface area (Å²) in [7, 11) is 0. The van der Waals surface area contributed by atoms with Crippen molar-refractivity contribution in [1.82, 2.24) is 15.6 Å². The van der Waals surface area contributed by atoms with Gasteiger partial charge in [-0.15, -0.1) is 0 Å². The van der Waals surface area contributed by atoms with Gasteiger partial charge in [-0.1, -0.05) is 13.3 Å². The van der Waals surface area contributed by atoms with Crippen LogP contribution < -0.4 is 15.4 Å². The minimum absolute atomic E-state index is 0.0399. The second-order valence-electron chi connectivity index (χ2n) is 12.6. The maximum atomic E-state index is 13.3. The number of aromatic nitrogens is 1. The second-order valence-corrected chi connectivity index (χ2v) is 12.6. The first-order valence-electron chi connectivity index (χ1n) is 14.0. The molecule has 0 unspecified atom stereocenters. The van der Waals surface area contributed by atoms with Gasteiger partial charge in [0.25, 0.3) is 5.91 Å². The Balaban J connectivity index is 1.25. The van der Waals surface area contributed by atoms with E-state index in [0.29, 0.717) is 32.2 Å². The van der Waals surface area contributed by atoms with Crippen molar-refractivity contribution >= 4 is 17.8 Å². The second kappa shape index (κ2) is 10.2. The Kier molecular flexibility index (Phi) is 7.10. The van der Waals surface area contributed by atoms with E-state index in [0.717, 1.165) is 32.1 Å². The number of nitriles is 1. The predicted molar refractivity (Wildman–Crippen MR) is 138 cm³/mol. The normalized spacial score (nSPS) is 33.0. The van der Waals surface area contributed by atoms with Crippen molar-refractivity contribution in [2.45, 2.75) is 90.2 Å². The number of amides is 2. The fourth-order valence-electron chi connectivity index (χ4n) is 6.96. The predicted octanol–water partition coefficient (Wildman–Crippen LogP) is 3.82. The molecule has 204 valence electrons. The van der Waals surface area contributed by atoms with Crippen molar-refractivity contribution in [2.24, 2.45) is 28.6 Å². The molecule has 2 amide bonds. The molecule has 9 nitrogen and oxygen atoms in total. The largest absolute Gasteiger partial charge is 0.489 e. The zero-order valence-electron chi connectivity index (χ0n) is 22.3. The lowest BCUT2D eigenvalue weighted by Crippen LogP contribution is -2.51. The van der Waals surface area contributed by atoms with E-state index in [-0.39, 0.29) is 64.1 Å². The third-order valence-corrected chi connectivity index (χ3v) is 9.83. The number of fused-ring (bicyclic) bond motifs is 2. The van der Waals surface area contributed by atoms with Crippen molar-refractivity contribution in [3.05, 3.63) is 23.5 Å². The Morgan fingerprint density at radius 3 is 2.47 bits per heavy atom. The van der Waals surface area contributed by atoms with E-state index < -0.39 is 11.4 Å². The van der Waals surface area contributed by atoms with E-state index in [1.165, 1.54) is 18.7 Å². The molecule has 0 aliphatic heterocycles. The van der Waals surface area contributed by atoms with E-state index in [9.17, 15) is 24.8 Å². The molecule has 2 bridgehead atoms. The zero-order chi connectivity index (χ0) is 27.1. The van der Waals surface area contributed by atoms with Crippen LogP contribution in [0.5, 0.6) is 5.75 Å². The number of aliphatic carboxylic acids is 1. The molecular weight excluding hydrogens is 484 g/mol. The summed E-state index contributed by atoms with van der Waals surface area (Å²) < 4.78 is 6.10. The van der Waals surface area contributed by atoms with Gasteiger partial charge >= 0.3 is 5.97 Å². The number of carboxylic acid groups (broad SMARTS) is 1. The van der Waals surface area contributed by atoms with Crippen LogP contribution in [0.4, 0.5) is 0 Å². The van der Waals surface area contributed by atoms with E-state index in [1.54, 1.807) is 6.92 Å². The maximum Gasteiger partial charge on any atom is 0.309 e. The van der Waals surface area contributed by atoms with Gasteiger partial charge < -0.3 is 20.5 Å². The lowest BCUT2D eigenvalue weighted by Gasteiger charge is -2.39. The molecular formula is C29H38N4O5. The van der Waals surface area contributed by atoms with E-state index in [1.807, 2.05) is 0 Å². The summed E-state index contributed by atoms with van der Waals surface area (Å²) in [4.78, 5) is 42.3. The van der Waals surface area contributed by atoms with Gasteiger partial charge in [-0.3, -0.25) is 14.4 Å². The molecule has 4 aliphatic carbocycles. The van der Waals surface area contributed by atoms with Gasteiger partial charge in [-0.2, -0.15) is 5.26 Å². The molecule has 9 heteroatoms. The highest BCUT2D eigenvalue weighted by atomic mass is 16.5. The number of rotatable bonds is 8. The van der Waals surface area contributed by atoms with E-state index >= 15 is 0 Å². The number of hydrogen-bond donors (Lipinski definition) is 3. The van der Waals surface area contributed by atoms with Gasteiger partial charge in [0.05, 0.1) is 17.4 Å². The number of carboxylic acids is 1. The first kappa shape index (κ1) is 26.5. The molecule has 4 fully saturated rings. The highest BCUT2D eigenvalue weighted by molar-refractivity contribution is 5.93. The van der Waals surface area contributed by atoms with Crippen molar-refractivity contribution in [2.75, 3.05) is 6.54 Å². The smallest absolute Gasteiger partial charge is 0.309 e. The maximum absolute atomic E-state index is 13.3. The minimum atomic E-state index is -0.804. The van der Waals surface area contributed by atoms with Crippen molar-refractivity contribution < 1.29 is 24.2 Å². The monoisotopic (exact) mass is 522 g/mol. The van der Waals surface area contributed by atoms with Crippen LogP contribution in [0.15, 0.2) is 12.3 Å². The van der Waals surface area contributed by atoms with Gasteiger partial charge in [0.15, 0.2) is 0 Å². The molecule has 1 aromatic rings. The Bertz CT molecular complexity index is 1150. The average Bonchev–Trinajstić information content (AvgIpc) is 3.49. The molecule has 0 radical (unpaired) electrons. The van der Waals surface area contributed by atoms with Gasteiger partial charge in [-0.05, 0) is 82.0 Å². The summed E-state index contributed by atoms with van der Waals surface area (Å²) >= 11 is 0. The van der Waals surface area contributed by atoms with Crippen molar-refractivity contribution in [3.63, 3.8) is 0 Å². The topological polar surface area (TPSA) is 141 Å². The Labute approximate surface area is 223 Å². The standard InChI is InChI=1S/C29H38N4O5/c1-28(8-3-9-28)16-32-26(35)23-17-4-5-18(12-17)24(23)33-25(34)21-13-22(19(14-30)15-31-21)38-20-6-10-29(2,11-7-20)27(36)37/h13,15,17-18,20,23-24H,3-12,16H2,1-2H3,(H,32,35)(H,33,34)(H,36,37)/t17-,18+,20?,23+,24-,29?/m1/s1. The summed E-state index contributed by atoms with van der Waals surface area (Å²) in [5.41, 5.74) is -0.191. The summed E-state index contributed by atoms with van der Waals surface area (Å²) in [6.45, 7) is 4.65. The number of nitrogens with zero attached hydrogens (tertiary/aromatic N) is 2. The van der Waals surface area contributed by atoms with Crippen LogP contribution in [0.1, 0.15) is 94.1 Å². The molecule has 0 spiro atoms. The molecule has 4 saturated carbocycles. The quantitative estimate of drug-likeness (QED) is 0.471. The molecule has 0 aromatic carbocycles. The molecule has 5 rings (SSSR count). The third kappa shape index (κ3) is 5.10. The van der Waals surface area contributed by atoms with Gasteiger partial charge in [0.2, 0.25) is 5.91 Å². The lowest BCUT2D eigenvalue weighted by molar-refractivity contribution is -0.150.